The van der Waals surface area contributed by atoms with Gasteiger partial charge >= 0.3 is 0 Å². The van der Waals surface area contributed by atoms with Crippen molar-refractivity contribution in [3.05, 3.63) is 46.8 Å². The molecular formula is C19H24N4O. The van der Waals surface area contributed by atoms with Gasteiger partial charge in [0.2, 0.25) is 0 Å². The Kier molecular flexibility index (Phi) is 4.08. The Labute approximate surface area is 142 Å². The second kappa shape index (κ2) is 6.38. The van der Waals surface area contributed by atoms with Gasteiger partial charge in [-0.05, 0) is 63.1 Å². The van der Waals surface area contributed by atoms with Crippen molar-refractivity contribution in [2.75, 3.05) is 13.1 Å². The first-order valence-electron chi connectivity index (χ1n) is 9.00. The highest BCUT2D eigenvalue weighted by molar-refractivity contribution is 5.93. The highest BCUT2D eigenvalue weighted by atomic mass is 16.2. The predicted octanol–water partition coefficient (Wildman–Crippen LogP) is 3.01. The van der Waals surface area contributed by atoms with Crippen LogP contribution in [0.1, 0.15) is 64.9 Å². The summed E-state index contributed by atoms with van der Waals surface area (Å²) in [5, 5.41) is 0. The third-order valence-electron chi connectivity index (χ3n) is 5.31. The van der Waals surface area contributed by atoms with Crippen molar-refractivity contribution in [3.8, 4) is 0 Å². The van der Waals surface area contributed by atoms with E-state index in [0.717, 1.165) is 56.0 Å². The number of H-pyrrole nitrogens is 1. The van der Waals surface area contributed by atoms with Gasteiger partial charge in [-0.2, -0.15) is 0 Å². The molecule has 1 fully saturated rings. The van der Waals surface area contributed by atoms with E-state index in [1.54, 1.807) is 0 Å². The second-order valence-corrected chi connectivity index (χ2v) is 7.02. The van der Waals surface area contributed by atoms with E-state index in [-0.39, 0.29) is 5.91 Å². The van der Waals surface area contributed by atoms with Crippen molar-refractivity contribution in [2.24, 2.45) is 0 Å². The molecular weight excluding hydrogens is 300 g/mol. The third kappa shape index (κ3) is 2.95. The first kappa shape index (κ1) is 15.4. The first-order chi connectivity index (χ1) is 11.7. The third-order valence-corrected chi connectivity index (χ3v) is 5.31. The highest BCUT2D eigenvalue weighted by Crippen LogP contribution is 2.27. The molecule has 0 atom stereocenters. The van der Waals surface area contributed by atoms with Crippen LogP contribution in [0.15, 0.2) is 18.3 Å². The summed E-state index contributed by atoms with van der Waals surface area (Å²) >= 11 is 0. The minimum Gasteiger partial charge on any atom is -0.354 e. The number of piperidine rings is 1. The van der Waals surface area contributed by atoms with Crippen LogP contribution < -0.4 is 0 Å². The summed E-state index contributed by atoms with van der Waals surface area (Å²) in [6, 6.07) is 4.00. The van der Waals surface area contributed by atoms with Crippen LogP contribution in [0.4, 0.5) is 0 Å². The summed E-state index contributed by atoms with van der Waals surface area (Å²) in [6.07, 6.45) is 8.36. The number of hydrogen-bond donors (Lipinski definition) is 1. The number of aromatic nitrogens is 3. The van der Waals surface area contributed by atoms with Crippen LogP contribution in [0, 0.1) is 6.92 Å². The van der Waals surface area contributed by atoms with Crippen LogP contribution >= 0.6 is 0 Å². The fourth-order valence-corrected chi connectivity index (χ4v) is 3.89. The number of carbonyl (C=O) groups excluding carboxylic acids is 1. The Morgan fingerprint density at radius 1 is 1.25 bits per heavy atom. The van der Waals surface area contributed by atoms with Gasteiger partial charge in [0, 0.05) is 36.6 Å². The van der Waals surface area contributed by atoms with E-state index >= 15 is 0 Å². The maximum absolute atomic E-state index is 12.8. The Bertz CT molecular complexity index is 720. The Morgan fingerprint density at radius 2 is 2.04 bits per heavy atom. The summed E-state index contributed by atoms with van der Waals surface area (Å²) in [5.74, 6) is 1.44. The lowest BCUT2D eigenvalue weighted by molar-refractivity contribution is 0.0705. The molecule has 5 heteroatoms. The number of aromatic amines is 1. The second-order valence-electron chi connectivity index (χ2n) is 7.02. The SMILES string of the molecule is Cc1ccnc(C2CCN(C(=O)c3cc4c([nH]3)CCCC4)CC2)n1. The minimum atomic E-state index is 0.146. The molecule has 24 heavy (non-hydrogen) atoms. The van der Waals surface area contributed by atoms with Gasteiger partial charge in [0.05, 0.1) is 0 Å². The highest BCUT2D eigenvalue weighted by Gasteiger charge is 2.27. The average Bonchev–Trinajstić information content (AvgIpc) is 3.05. The molecule has 3 heterocycles. The number of rotatable bonds is 2. The molecule has 5 nitrogen and oxygen atoms in total. The van der Waals surface area contributed by atoms with E-state index in [1.807, 2.05) is 24.1 Å². The smallest absolute Gasteiger partial charge is 0.270 e. The minimum absolute atomic E-state index is 0.146. The normalized spacial score (nSPS) is 18.5. The zero-order valence-corrected chi connectivity index (χ0v) is 14.2. The van der Waals surface area contributed by atoms with Crippen LogP contribution in [0.3, 0.4) is 0 Å². The summed E-state index contributed by atoms with van der Waals surface area (Å²) in [7, 11) is 0. The van der Waals surface area contributed by atoms with E-state index < -0.39 is 0 Å². The fraction of sp³-hybridized carbons (Fsp3) is 0.526. The van der Waals surface area contributed by atoms with Gasteiger partial charge in [0.15, 0.2) is 0 Å². The number of carbonyl (C=O) groups is 1. The number of hydrogen-bond acceptors (Lipinski definition) is 3. The number of nitrogens with one attached hydrogen (secondary N) is 1. The van der Waals surface area contributed by atoms with E-state index in [4.69, 9.17) is 0 Å². The Hall–Kier alpha value is -2.17. The lowest BCUT2D eigenvalue weighted by Crippen LogP contribution is -2.38. The standard InChI is InChI=1S/C19H24N4O/c1-13-6-9-20-18(21-13)14-7-10-23(11-8-14)19(24)17-12-15-4-2-3-5-16(15)22-17/h6,9,12,14,22H,2-5,7-8,10-11H2,1H3. The maximum Gasteiger partial charge on any atom is 0.270 e. The van der Waals surface area contributed by atoms with Gasteiger partial charge in [0.25, 0.3) is 5.91 Å². The molecule has 1 N–H and O–H groups in total. The van der Waals surface area contributed by atoms with Crippen LogP contribution in [-0.4, -0.2) is 38.8 Å². The summed E-state index contributed by atoms with van der Waals surface area (Å²) in [6.45, 7) is 3.56. The van der Waals surface area contributed by atoms with Crippen molar-refractivity contribution >= 4 is 5.91 Å². The Morgan fingerprint density at radius 3 is 2.79 bits per heavy atom. The monoisotopic (exact) mass is 324 g/mol. The van der Waals surface area contributed by atoms with E-state index in [0.29, 0.717) is 5.92 Å². The van der Waals surface area contributed by atoms with Gasteiger partial charge < -0.3 is 9.88 Å². The Balaban J connectivity index is 1.42. The summed E-state index contributed by atoms with van der Waals surface area (Å²) in [5.41, 5.74) is 4.39. The number of nitrogens with zero attached hydrogens (tertiary/aromatic N) is 3. The quantitative estimate of drug-likeness (QED) is 0.923. The number of aryl methyl sites for hydroxylation is 3. The van der Waals surface area contributed by atoms with Crippen LogP contribution in [0.2, 0.25) is 0 Å². The van der Waals surface area contributed by atoms with Crippen LogP contribution in [-0.2, 0) is 12.8 Å². The molecule has 126 valence electrons. The lowest BCUT2D eigenvalue weighted by atomic mass is 9.95. The molecule has 2 aromatic rings. The van der Waals surface area contributed by atoms with E-state index in [2.05, 4.69) is 21.0 Å². The molecule has 0 radical (unpaired) electrons. The predicted molar refractivity (Wildman–Crippen MR) is 92.1 cm³/mol. The van der Waals surface area contributed by atoms with E-state index in [9.17, 15) is 4.79 Å². The topological polar surface area (TPSA) is 61.9 Å². The van der Waals surface area contributed by atoms with Gasteiger partial charge in [-0.15, -0.1) is 0 Å². The lowest BCUT2D eigenvalue weighted by Gasteiger charge is -2.31. The molecule has 0 aromatic carbocycles. The van der Waals surface area contributed by atoms with Crippen molar-refractivity contribution in [2.45, 2.75) is 51.4 Å². The molecule has 1 amide bonds. The molecule has 2 aliphatic rings. The average molecular weight is 324 g/mol. The van der Waals surface area contributed by atoms with Crippen molar-refractivity contribution in [3.63, 3.8) is 0 Å². The van der Waals surface area contributed by atoms with Crippen molar-refractivity contribution in [1.82, 2.24) is 19.9 Å². The van der Waals surface area contributed by atoms with E-state index in [1.165, 1.54) is 24.1 Å². The molecule has 0 unspecified atom stereocenters. The first-order valence-corrected chi connectivity index (χ1v) is 9.00. The molecule has 2 aromatic heterocycles. The molecule has 0 saturated carbocycles. The number of amides is 1. The van der Waals surface area contributed by atoms with Crippen molar-refractivity contribution < 1.29 is 4.79 Å². The van der Waals surface area contributed by atoms with Crippen LogP contribution in [0.25, 0.3) is 0 Å². The van der Waals surface area contributed by atoms with Crippen molar-refractivity contribution in [1.29, 1.82) is 0 Å². The van der Waals surface area contributed by atoms with Gasteiger partial charge in [0.1, 0.15) is 11.5 Å². The molecule has 1 aliphatic heterocycles. The molecule has 1 saturated heterocycles. The number of fused-ring (bicyclic) bond motifs is 1. The molecule has 0 spiro atoms. The molecule has 1 aliphatic carbocycles. The zero-order chi connectivity index (χ0) is 16.5. The summed E-state index contributed by atoms with van der Waals surface area (Å²) < 4.78 is 0. The largest absolute Gasteiger partial charge is 0.354 e. The van der Waals surface area contributed by atoms with Gasteiger partial charge in [-0.1, -0.05) is 0 Å². The zero-order valence-electron chi connectivity index (χ0n) is 14.2. The molecule has 4 rings (SSSR count). The fourth-order valence-electron chi connectivity index (χ4n) is 3.89. The molecule has 0 bridgehead atoms. The number of likely N-dealkylation sites (tertiary alicyclic amines) is 1. The van der Waals surface area contributed by atoms with Gasteiger partial charge in [-0.3, -0.25) is 4.79 Å². The van der Waals surface area contributed by atoms with Crippen LogP contribution in [0.5, 0.6) is 0 Å². The maximum atomic E-state index is 12.8. The summed E-state index contributed by atoms with van der Waals surface area (Å²) in [4.78, 5) is 27.1. The van der Waals surface area contributed by atoms with Gasteiger partial charge in [-0.25, -0.2) is 9.97 Å².